The highest BCUT2D eigenvalue weighted by molar-refractivity contribution is 6.31. The van der Waals surface area contributed by atoms with Gasteiger partial charge in [0.25, 0.3) is 0 Å². The highest BCUT2D eigenvalue weighted by atomic mass is 35.5. The van der Waals surface area contributed by atoms with Gasteiger partial charge in [-0.3, -0.25) is 4.79 Å². The van der Waals surface area contributed by atoms with Crippen LogP contribution in [-0.2, 0) is 11.3 Å². The highest BCUT2D eigenvalue weighted by Gasteiger charge is 2.30. The van der Waals surface area contributed by atoms with Crippen LogP contribution in [0.4, 0.5) is 4.39 Å². The molecule has 0 saturated carbocycles. The van der Waals surface area contributed by atoms with Crippen molar-refractivity contribution < 1.29 is 9.18 Å². The maximum Gasteiger partial charge on any atom is 0.242 e. The number of benzene rings is 1. The number of hydrogen-bond donors (Lipinski definition) is 1. The number of rotatable bonds is 5. The topological polar surface area (TPSA) is 46.3 Å². The second kappa shape index (κ2) is 6.35. The average molecular weight is 287 g/mol. The average Bonchev–Trinajstić information content (AvgIpc) is 2.32. The molecule has 1 aromatic carbocycles. The Labute approximate surface area is 118 Å². The summed E-state index contributed by atoms with van der Waals surface area (Å²) in [6.45, 7) is 3.77. The molecule has 0 aromatic heterocycles. The molecular formula is C14H20ClFN2O. The van der Waals surface area contributed by atoms with E-state index < -0.39 is 11.4 Å². The molecule has 0 spiro atoms. The number of halogens is 2. The van der Waals surface area contributed by atoms with Crippen LogP contribution < -0.4 is 5.73 Å². The third kappa shape index (κ3) is 3.91. The summed E-state index contributed by atoms with van der Waals surface area (Å²) in [5.74, 6) is -0.630. The van der Waals surface area contributed by atoms with Crippen molar-refractivity contribution in [3.05, 3.63) is 34.6 Å². The fraction of sp³-hybridized carbons (Fsp3) is 0.500. The van der Waals surface area contributed by atoms with Gasteiger partial charge in [-0.25, -0.2) is 4.39 Å². The van der Waals surface area contributed by atoms with E-state index in [1.54, 1.807) is 20.0 Å². The highest BCUT2D eigenvalue weighted by Crippen LogP contribution is 2.21. The van der Waals surface area contributed by atoms with E-state index in [4.69, 9.17) is 17.3 Å². The van der Waals surface area contributed by atoms with Crippen LogP contribution in [0, 0.1) is 5.82 Å². The van der Waals surface area contributed by atoms with Gasteiger partial charge in [-0.15, -0.1) is 0 Å². The van der Waals surface area contributed by atoms with E-state index in [1.807, 2.05) is 6.92 Å². The quantitative estimate of drug-likeness (QED) is 0.904. The predicted molar refractivity (Wildman–Crippen MR) is 75.4 cm³/mol. The molecule has 1 amide bonds. The summed E-state index contributed by atoms with van der Waals surface area (Å²) in [4.78, 5) is 13.6. The van der Waals surface area contributed by atoms with Gasteiger partial charge in [0.1, 0.15) is 5.82 Å². The van der Waals surface area contributed by atoms with E-state index in [2.05, 4.69) is 0 Å². The second-order valence-electron chi connectivity index (χ2n) is 5.03. The summed E-state index contributed by atoms with van der Waals surface area (Å²) < 4.78 is 13.7. The summed E-state index contributed by atoms with van der Waals surface area (Å²) in [6, 6.07) is 4.46. The van der Waals surface area contributed by atoms with Crippen LogP contribution in [0.15, 0.2) is 18.2 Å². The van der Waals surface area contributed by atoms with Gasteiger partial charge in [0.05, 0.1) is 5.54 Å². The van der Waals surface area contributed by atoms with E-state index in [1.165, 1.54) is 17.0 Å². The molecule has 0 heterocycles. The maximum absolute atomic E-state index is 13.7. The lowest BCUT2D eigenvalue weighted by atomic mass is 9.95. The third-order valence-corrected chi connectivity index (χ3v) is 3.42. The van der Waals surface area contributed by atoms with Crippen molar-refractivity contribution in [2.45, 2.75) is 38.8 Å². The van der Waals surface area contributed by atoms with Gasteiger partial charge in [-0.2, -0.15) is 0 Å². The first kappa shape index (κ1) is 15.9. The summed E-state index contributed by atoms with van der Waals surface area (Å²) in [5.41, 5.74) is 5.37. The van der Waals surface area contributed by atoms with Crippen molar-refractivity contribution in [1.29, 1.82) is 0 Å². The number of carbonyl (C=O) groups excluding carboxylic acids is 1. The van der Waals surface area contributed by atoms with Gasteiger partial charge < -0.3 is 10.6 Å². The lowest BCUT2D eigenvalue weighted by Gasteiger charge is -2.29. The first-order valence-electron chi connectivity index (χ1n) is 6.27. The number of likely N-dealkylation sites (N-methyl/N-ethyl adjacent to an activating group) is 1. The number of carbonyl (C=O) groups is 1. The molecule has 0 bridgehead atoms. The van der Waals surface area contributed by atoms with Crippen molar-refractivity contribution in [2.24, 2.45) is 5.73 Å². The Bertz CT molecular complexity index is 443. The van der Waals surface area contributed by atoms with Crippen molar-refractivity contribution in [2.75, 3.05) is 7.05 Å². The molecule has 106 valence electrons. The van der Waals surface area contributed by atoms with Crippen molar-refractivity contribution in [3.8, 4) is 0 Å². The van der Waals surface area contributed by atoms with E-state index >= 15 is 0 Å². The van der Waals surface area contributed by atoms with E-state index in [0.717, 1.165) is 6.42 Å². The Kier molecular flexibility index (Phi) is 5.32. The Hall–Kier alpha value is -1.13. The molecule has 0 aliphatic carbocycles. The van der Waals surface area contributed by atoms with Gasteiger partial charge in [0.15, 0.2) is 0 Å². The molecule has 19 heavy (non-hydrogen) atoms. The van der Waals surface area contributed by atoms with Gasteiger partial charge in [0.2, 0.25) is 5.91 Å². The minimum absolute atomic E-state index is 0.112. The van der Waals surface area contributed by atoms with E-state index in [-0.39, 0.29) is 12.5 Å². The van der Waals surface area contributed by atoms with Crippen LogP contribution in [0.3, 0.4) is 0 Å². The maximum atomic E-state index is 13.7. The number of nitrogens with zero attached hydrogens (tertiary/aromatic N) is 1. The Morgan fingerprint density at radius 1 is 1.53 bits per heavy atom. The van der Waals surface area contributed by atoms with Crippen LogP contribution in [0.2, 0.25) is 5.02 Å². The molecule has 5 heteroatoms. The van der Waals surface area contributed by atoms with Gasteiger partial charge >= 0.3 is 0 Å². The first-order valence-corrected chi connectivity index (χ1v) is 6.64. The molecule has 0 fully saturated rings. The Balaban J connectivity index is 2.85. The Morgan fingerprint density at radius 2 is 2.16 bits per heavy atom. The second-order valence-corrected chi connectivity index (χ2v) is 5.44. The summed E-state index contributed by atoms with van der Waals surface area (Å²) >= 11 is 5.94. The van der Waals surface area contributed by atoms with Crippen molar-refractivity contribution >= 4 is 17.5 Å². The van der Waals surface area contributed by atoms with Gasteiger partial charge in [0, 0.05) is 24.2 Å². The number of amides is 1. The minimum Gasteiger partial charge on any atom is -0.340 e. The Morgan fingerprint density at radius 3 is 2.68 bits per heavy atom. The first-order chi connectivity index (χ1) is 8.79. The lowest BCUT2D eigenvalue weighted by Crippen LogP contribution is -2.51. The number of hydrogen-bond acceptors (Lipinski definition) is 2. The molecule has 1 atom stereocenters. The number of nitrogens with two attached hydrogens (primary N) is 1. The zero-order valence-corrected chi connectivity index (χ0v) is 12.3. The minimum atomic E-state index is -0.929. The summed E-state index contributed by atoms with van der Waals surface area (Å²) in [5, 5.41) is 0.314. The van der Waals surface area contributed by atoms with Crippen molar-refractivity contribution in [3.63, 3.8) is 0 Å². The van der Waals surface area contributed by atoms with Gasteiger partial charge in [-0.1, -0.05) is 31.0 Å². The standard InChI is InChI=1S/C14H20ClFN2O/c1-4-8-14(2,17)13(19)18(3)9-10-11(15)6-5-7-12(10)16/h5-7H,4,8-9,17H2,1-3H3. The molecule has 0 aliphatic rings. The predicted octanol–water partition coefficient (Wildman–Crippen LogP) is 2.96. The molecule has 1 aromatic rings. The summed E-state index contributed by atoms with van der Waals surface area (Å²) in [6.07, 6.45) is 1.40. The van der Waals surface area contributed by atoms with E-state index in [9.17, 15) is 9.18 Å². The van der Waals surface area contributed by atoms with Crippen LogP contribution >= 0.6 is 11.6 Å². The fourth-order valence-corrected chi connectivity index (χ4v) is 2.28. The molecule has 3 nitrogen and oxygen atoms in total. The van der Waals surface area contributed by atoms with Crippen molar-refractivity contribution in [1.82, 2.24) is 4.90 Å². The summed E-state index contributed by atoms with van der Waals surface area (Å²) in [7, 11) is 1.60. The molecule has 0 radical (unpaired) electrons. The molecule has 1 rings (SSSR count). The largest absolute Gasteiger partial charge is 0.340 e. The van der Waals surface area contributed by atoms with Crippen LogP contribution in [0.5, 0.6) is 0 Å². The molecule has 1 unspecified atom stereocenters. The SMILES string of the molecule is CCCC(C)(N)C(=O)N(C)Cc1c(F)cccc1Cl. The van der Waals surface area contributed by atoms with Crippen LogP contribution in [0.1, 0.15) is 32.3 Å². The van der Waals surface area contributed by atoms with E-state index in [0.29, 0.717) is 17.0 Å². The van der Waals surface area contributed by atoms with Gasteiger partial charge in [-0.05, 0) is 25.5 Å². The molecule has 0 saturated heterocycles. The normalized spacial score (nSPS) is 14.0. The molecular weight excluding hydrogens is 267 g/mol. The van der Waals surface area contributed by atoms with Crippen LogP contribution in [0.25, 0.3) is 0 Å². The molecule has 2 N–H and O–H groups in total. The smallest absolute Gasteiger partial charge is 0.242 e. The molecule has 0 aliphatic heterocycles. The zero-order chi connectivity index (χ0) is 14.6. The fourth-order valence-electron chi connectivity index (χ4n) is 2.05. The zero-order valence-electron chi connectivity index (χ0n) is 11.5. The monoisotopic (exact) mass is 286 g/mol. The third-order valence-electron chi connectivity index (χ3n) is 3.06. The lowest BCUT2D eigenvalue weighted by molar-refractivity contribution is -0.135. The van der Waals surface area contributed by atoms with Crippen LogP contribution in [-0.4, -0.2) is 23.4 Å².